The second-order valence-corrected chi connectivity index (χ2v) is 7.00. The van der Waals surface area contributed by atoms with Crippen LogP contribution in [0.25, 0.3) is 0 Å². The van der Waals surface area contributed by atoms with E-state index < -0.39 is 0 Å². The summed E-state index contributed by atoms with van der Waals surface area (Å²) < 4.78 is 5.32. The van der Waals surface area contributed by atoms with Crippen molar-refractivity contribution in [1.82, 2.24) is 15.3 Å². The van der Waals surface area contributed by atoms with Gasteiger partial charge in [-0.3, -0.25) is 15.3 Å². The Labute approximate surface area is 167 Å². The van der Waals surface area contributed by atoms with Crippen molar-refractivity contribution in [1.29, 1.82) is 0 Å². The van der Waals surface area contributed by atoms with Crippen LogP contribution in [0.5, 0.6) is 5.75 Å². The normalized spacial score (nSPS) is 21.5. The van der Waals surface area contributed by atoms with Gasteiger partial charge in [0.2, 0.25) is 0 Å². The lowest BCUT2D eigenvalue weighted by Crippen LogP contribution is -2.43. The highest BCUT2D eigenvalue weighted by atomic mass is 16.5. The van der Waals surface area contributed by atoms with E-state index in [0.29, 0.717) is 11.9 Å². The minimum Gasteiger partial charge on any atom is -0.497 e. The number of piperidine rings is 1. The molecule has 2 heterocycles. The van der Waals surface area contributed by atoms with E-state index >= 15 is 0 Å². The van der Waals surface area contributed by atoms with Crippen LogP contribution in [0, 0.1) is 0 Å². The molecule has 0 saturated carbocycles. The van der Waals surface area contributed by atoms with Gasteiger partial charge in [-0.05, 0) is 50.1 Å². The first-order chi connectivity index (χ1) is 13.6. The summed E-state index contributed by atoms with van der Waals surface area (Å²) >= 11 is 0. The van der Waals surface area contributed by atoms with Crippen molar-refractivity contribution in [3.8, 4) is 5.75 Å². The van der Waals surface area contributed by atoms with Gasteiger partial charge in [0.05, 0.1) is 12.8 Å². The van der Waals surface area contributed by atoms with Gasteiger partial charge in [-0.2, -0.15) is 0 Å². The standard InChI is InChI=1S/C21H30N6O/c1-4-16(14-26-11-9-17(22)10-12-26)20-21(23-15-24-27(20)5-2)25-18-7-6-8-19(13-18)28-3/h5-8,13,15,17H,2,4,9-12,14,22H2,1,3H3,(H,23,24,25)/b20-16+. The first kappa shape index (κ1) is 20.1. The Morgan fingerprint density at radius 3 is 2.89 bits per heavy atom. The van der Waals surface area contributed by atoms with Crippen LogP contribution in [0.15, 0.2) is 58.3 Å². The van der Waals surface area contributed by atoms with Crippen molar-refractivity contribution < 1.29 is 4.74 Å². The number of methoxy groups -OCH3 is 1. The topological polar surface area (TPSA) is 78.5 Å². The molecule has 1 aromatic rings. The summed E-state index contributed by atoms with van der Waals surface area (Å²) in [6, 6.07) is 8.00. The van der Waals surface area contributed by atoms with Crippen LogP contribution in [-0.2, 0) is 0 Å². The van der Waals surface area contributed by atoms with E-state index in [-0.39, 0.29) is 0 Å². The SMILES string of the molecule is C=CN1NC=NC(=Nc2cccc(OC)c2)/C1=C(/CC)CN1CCC(N)CC1. The van der Waals surface area contributed by atoms with E-state index in [1.807, 2.05) is 29.3 Å². The van der Waals surface area contributed by atoms with Gasteiger partial charge in [0.15, 0.2) is 5.84 Å². The fraction of sp³-hybridized carbons (Fsp3) is 0.429. The number of likely N-dealkylation sites (tertiary alicyclic amines) is 1. The maximum Gasteiger partial charge on any atom is 0.180 e. The molecule has 0 bridgehead atoms. The van der Waals surface area contributed by atoms with Crippen molar-refractivity contribution in [2.75, 3.05) is 26.7 Å². The predicted molar refractivity (Wildman–Crippen MR) is 115 cm³/mol. The molecule has 1 saturated heterocycles. The lowest BCUT2D eigenvalue weighted by molar-refractivity contribution is 0.226. The lowest BCUT2D eigenvalue weighted by atomic mass is 10.0. The molecule has 0 spiro atoms. The number of ether oxygens (including phenoxy) is 1. The van der Waals surface area contributed by atoms with Crippen molar-refractivity contribution in [3.63, 3.8) is 0 Å². The summed E-state index contributed by atoms with van der Waals surface area (Å²) in [5, 5.41) is 1.89. The Morgan fingerprint density at radius 2 is 2.21 bits per heavy atom. The van der Waals surface area contributed by atoms with Crippen molar-refractivity contribution >= 4 is 17.9 Å². The van der Waals surface area contributed by atoms with Gasteiger partial charge in [-0.25, -0.2) is 9.98 Å². The molecule has 2 aliphatic heterocycles. The number of aliphatic imine (C=N–C) groups is 2. The lowest BCUT2D eigenvalue weighted by Gasteiger charge is -2.33. The molecule has 0 aliphatic carbocycles. The first-order valence-electron chi connectivity index (χ1n) is 9.78. The largest absolute Gasteiger partial charge is 0.497 e. The van der Waals surface area contributed by atoms with Crippen molar-refractivity contribution in [2.45, 2.75) is 32.2 Å². The summed E-state index contributed by atoms with van der Waals surface area (Å²) in [6.45, 7) is 9.02. The number of hydrogen-bond donors (Lipinski definition) is 2. The van der Waals surface area contributed by atoms with Gasteiger partial charge in [-0.15, -0.1) is 0 Å². The summed E-state index contributed by atoms with van der Waals surface area (Å²) in [7, 11) is 1.65. The molecular weight excluding hydrogens is 352 g/mol. The molecule has 3 N–H and O–H groups in total. The molecule has 7 heteroatoms. The molecular formula is C21H30N6O. The average Bonchev–Trinajstić information content (AvgIpc) is 2.73. The molecule has 28 heavy (non-hydrogen) atoms. The number of nitrogens with two attached hydrogens (primary N) is 1. The molecule has 150 valence electrons. The molecule has 0 amide bonds. The van der Waals surface area contributed by atoms with Crippen LogP contribution < -0.4 is 15.9 Å². The first-order valence-corrected chi connectivity index (χ1v) is 9.78. The third kappa shape index (κ3) is 4.79. The second-order valence-electron chi connectivity index (χ2n) is 7.00. The summed E-state index contributed by atoms with van der Waals surface area (Å²) in [5.74, 6) is 1.43. The fourth-order valence-electron chi connectivity index (χ4n) is 3.48. The molecule has 1 aromatic carbocycles. The minimum absolute atomic E-state index is 0.324. The van der Waals surface area contributed by atoms with E-state index in [2.05, 4.69) is 28.8 Å². The van der Waals surface area contributed by atoms with Gasteiger partial charge in [0.1, 0.15) is 17.8 Å². The third-order valence-corrected chi connectivity index (χ3v) is 5.12. The summed E-state index contributed by atoms with van der Waals surface area (Å²) in [5.41, 5.74) is 12.2. The molecule has 0 aromatic heterocycles. The van der Waals surface area contributed by atoms with Crippen LogP contribution >= 0.6 is 0 Å². The third-order valence-electron chi connectivity index (χ3n) is 5.12. The van der Waals surface area contributed by atoms with Gasteiger partial charge in [0, 0.05) is 24.9 Å². The monoisotopic (exact) mass is 382 g/mol. The van der Waals surface area contributed by atoms with Gasteiger partial charge >= 0.3 is 0 Å². The number of rotatable bonds is 6. The number of hydrazine groups is 1. The van der Waals surface area contributed by atoms with Crippen LogP contribution in [-0.4, -0.2) is 54.9 Å². The zero-order chi connectivity index (χ0) is 19.9. The summed E-state index contributed by atoms with van der Waals surface area (Å²) in [4.78, 5) is 11.8. The minimum atomic E-state index is 0.324. The smallest absolute Gasteiger partial charge is 0.180 e. The molecule has 2 aliphatic rings. The predicted octanol–water partition coefficient (Wildman–Crippen LogP) is 2.80. The highest BCUT2D eigenvalue weighted by Crippen LogP contribution is 2.25. The van der Waals surface area contributed by atoms with Crippen molar-refractivity contribution in [3.05, 3.63) is 48.3 Å². The Morgan fingerprint density at radius 1 is 1.43 bits per heavy atom. The van der Waals surface area contributed by atoms with Crippen LogP contribution in [0.2, 0.25) is 0 Å². The number of nitrogens with zero attached hydrogens (tertiary/aromatic N) is 4. The van der Waals surface area contributed by atoms with E-state index in [4.69, 9.17) is 15.5 Å². The number of nitrogens with one attached hydrogen (secondary N) is 1. The van der Waals surface area contributed by atoms with Crippen LogP contribution in [0.1, 0.15) is 26.2 Å². The zero-order valence-corrected chi connectivity index (χ0v) is 16.8. The van der Waals surface area contributed by atoms with Gasteiger partial charge < -0.3 is 10.5 Å². The maximum absolute atomic E-state index is 6.06. The molecule has 0 unspecified atom stereocenters. The van der Waals surface area contributed by atoms with Crippen LogP contribution in [0.3, 0.4) is 0 Å². The molecule has 7 nitrogen and oxygen atoms in total. The van der Waals surface area contributed by atoms with Crippen molar-refractivity contribution in [2.24, 2.45) is 15.7 Å². The van der Waals surface area contributed by atoms with Gasteiger partial charge in [-0.1, -0.05) is 19.6 Å². The number of amidine groups is 1. The van der Waals surface area contributed by atoms with E-state index in [0.717, 1.165) is 56.0 Å². The highest BCUT2D eigenvalue weighted by Gasteiger charge is 2.24. The summed E-state index contributed by atoms with van der Waals surface area (Å²) in [6.07, 6.45) is 6.37. The number of benzene rings is 1. The zero-order valence-electron chi connectivity index (χ0n) is 16.8. The number of hydrogen-bond acceptors (Lipinski definition) is 6. The Kier molecular flexibility index (Phi) is 6.84. The second kappa shape index (κ2) is 9.52. The van der Waals surface area contributed by atoms with Crippen LogP contribution in [0.4, 0.5) is 5.69 Å². The average molecular weight is 383 g/mol. The fourth-order valence-corrected chi connectivity index (χ4v) is 3.48. The molecule has 0 radical (unpaired) electrons. The molecule has 3 rings (SSSR count). The Balaban J connectivity index is 1.95. The molecule has 1 fully saturated rings. The van der Waals surface area contributed by atoms with Gasteiger partial charge in [0.25, 0.3) is 0 Å². The Bertz CT molecular complexity index is 777. The van der Waals surface area contributed by atoms with E-state index in [1.54, 1.807) is 19.6 Å². The molecule has 0 atom stereocenters. The maximum atomic E-state index is 6.06. The Hall–Kier alpha value is -2.64. The highest BCUT2D eigenvalue weighted by molar-refractivity contribution is 6.05. The quantitative estimate of drug-likeness (QED) is 0.791. The van der Waals surface area contributed by atoms with E-state index in [1.165, 1.54) is 5.57 Å². The van der Waals surface area contributed by atoms with E-state index in [9.17, 15) is 0 Å².